The second-order valence-electron chi connectivity index (χ2n) is 8.02. The first-order chi connectivity index (χ1) is 14.5. The Balaban J connectivity index is 1.83. The lowest BCUT2D eigenvalue weighted by Gasteiger charge is -2.31. The van der Waals surface area contributed by atoms with Gasteiger partial charge in [-0.1, -0.05) is 51.3 Å². The third-order valence-corrected chi connectivity index (χ3v) is 7.12. The maximum atomic E-state index is 12.6. The highest BCUT2D eigenvalue weighted by Crippen LogP contribution is 2.38. The highest BCUT2D eigenvalue weighted by Gasteiger charge is 2.30. The summed E-state index contributed by atoms with van der Waals surface area (Å²) in [5.74, 6) is 4.30. The van der Waals surface area contributed by atoms with Crippen molar-refractivity contribution in [2.75, 3.05) is 5.75 Å². The topological polar surface area (TPSA) is 72.7 Å². The molecule has 160 valence electrons. The molecule has 0 saturated heterocycles. The molecule has 1 aliphatic rings. The Labute approximate surface area is 183 Å². The van der Waals surface area contributed by atoms with Gasteiger partial charge >= 0.3 is 0 Å². The fourth-order valence-corrected chi connectivity index (χ4v) is 4.94. The van der Waals surface area contributed by atoms with E-state index in [1.165, 1.54) is 31.0 Å². The molecule has 30 heavy (non-hydrogen) atoms. The maximum absolute atomic E-state index is 12.6. The lowest BCUT2D eigenvalue weighted by molar-refractivity contribution is -0.119. The van der Waals surface area contributed by atoms with Crippen molar-refractivity contribution < 1.29 is 4.79 Å². The summed E-state index contributed by atoms with van der Waals surface area (Å²) in [5.41, 5.74) is 0.367. The zero-order valence-corrected chi connectivity index (χ0v) is 18.9. The monoisotopic (exact) mass is 425 g/mol. The fraction of sp³-hybridized carbons (Fsp3) is 0.565. The van der Waals surface area contributed by atoms with E-state index in [-0.39, 0.29) is 11.7 Å². The normalized spacial score (nSPS) is 19.3. The zero-order valence-electron chi connectivity index (χ0n) is 18.1. The predicted octanol–water partition coefficient (Wildman–Crippen LogP) is 4.49. The number of amides is 1. The molecule has 6 nitrogen and oxygen atoms in total. The number of thioether (sulfide) groups is 1. The van der Waals surface area contributed by atoms with E-state index < -0.39 is 5.54 Å². The average Bonchev–Trinajstić information content (AvgIpc) is 3.21. The highest BCUT2D eigenvalue weighted by atomic mass is 32.2. The number of hydrogen-bond acceptors (Lipinski definition) is 5. The quantitative estimate of drug-likeness (QED) is 0.498. The third-order valence-electron chi connectivity index (χ3n) is 6.18. The number of nitrogens with one attached hydrogen (secondary N) is 1. The Bertz CT molecular complexity index is 885. The summed E-state index contributed by atoms with van der Waals surface area (Å²) in [6.07, 6.45) is 15.4. The molecule has 0 radical (unpaired) electrons. The zero-order chi connectivity index (χ0) is 21.6. The molecule has 1 fully saturated rings. The SMILES string of the molecule is C#CC(CC)(CC)NC(=O)CSc1nnc(-c2cccnc2)n1[C@H]1CCCC[C@@H]1C. The molecule has 0 spiro atoms. The Morgan fingerprint density at radius 2 is 2.10 bits per heavy atom. The molecule has 1 amide bonds. The summed E-state index contributed by atoms with van der Waals surface area (Å²) in [7, 11) is 0. The van der Waals surface area contributed by atoms with Crippen molar-refractivity contribution in [3.63, 3.8) is 0 Å². The molecule has 2 aromatic rings. The Morgan fingerprint density at radius 3 is 2.73 bits per heavy atom. The molecule has 2 heterocycles. The highest BCUT2D eigenvalue weighted by molar-refractivity contribution is 7.99. The van der Waals surface area contributed by atoms with Gasteiger partial charge in [0.15, 0.2) is 11.0 Å². The van der Waals surface area contributed by atoms with E-state index >= 15 is 0 Å². The minimum Gasteiger partial charge on any atom is -0.339 e. The van der Waals surface area contributed by atoms with E-state index in [4.69, 9.17) is 6.42 Å². The van der Waals surface area contributed by atoms with E-state index in [9.17, 15) is 4.79 Å². The standard InChI is InChI=1S/C23H31N5OS/c1-5-23(6-2,7-3)25-20(29)16-30-22-27-26-21(18-12-10-14-24-15-18)28(22)19-13-9-8-11-17(19)4/h1,10,12,14-15,17,19H,6-9,11,13,16H2,2-4H3,(H,25,29)/t17-,19-/m0/s1. The molecule has 7 heteroatoms. The number of hydrogen-bond donors (Lipinski definition) is 1. The van der Waals surface area contributed by atoms with Gasteiger partial charge in [0, 0.05) is 24.0 Å². The number of aromatic nitrogens is 4. The molecular weight excluding hydrogens is 394 g/mol. The summed E-state index contributed by atoms with van der Waals surface area (Å²) in [6.45, 7) is 6.29. The van der Waals surface area contributed by atoms with Gasteiger partial charge in [0.2, 0.25) is 5.91 Å². The largest absolute Gasteiger partial charge is 0.339 e. The average molecular weight is 426 g/mol. The van der Waals surface area contributed by atoms with Crippen molar-refractivity contribution in [1.82, 2.24) is 25.1 Å². The van der Waals surface area contributed by atoms with E-state index in [1.807, 2.05) is 32.2 Å². The Kier molecular flexibility index (Phi) is 7.54. The molecule has 2 aromatic heterocycles. The van der Waals surface area contributed by atoms with Crippen LogP contribution in [0.2, 0.25) is 0 Å². The van der Waals surface area contributed by atoms with Gasteiger partial charge in [0.25, 0.3) is 0 Å². The fourth-order valence-electron chi connectivity index (χ4n) is 4.15. The number of rotatable bonds is 8. The van der Waals surface area contributed by atoms with Crippen LogP contribution in [0.4, 0.5) is 0 Å². The van der Waals surface area contributed by atoms with Crippen molar-refractivity contribution in [1.29, 1.82) is 0 Å². The van der Waals surface area contributed by atoms with E-state index in [0.717, 1.165) is 23.0 Å². The second-order valence-corrected chi connectivity index (χ2v) is 8.96. The van der Waals surface area contributed by atoms with Gasteiger partial charge in [0.1, 0.15) is 5.54 Å². The lowest BCUT2D eigenvalue weighted by Crippen LogP contribution is -2.47. The van der Waals surface area contributed by atoms with Gasteiger partial charge in [-0.05, 0) is 43.7 Å². The summed E-state index contributed by atoms with van der Waals surface area (Å²) in [6, 6.07) is 4.24. The van der Waals surface area contributed by atoms with Gasteiger partial charge in [-0.25, -0.2) is 0 Å². The summed E-state index contributed by atoms with van der Waals surface area (Å²) in [5, 5.41) is 12.8. The third kappa shape index (κ3) is 4.86. The number of terminal acetylenes is 1. The number of pyridine rings is 1. The van der Waals surface area contributed by atoms with Crippen LogP contribution in [-0.4, -0.2) is 36.9 Å². The minimum atomic E-state index is -0.579. The van der Waals surface area contributed by atoms with Crippen LogP contribution >= 0.6 is 11.8 Å². The first-order valence-corrected chi connectivity index (χ1v) is 11.8. The number of carbonyl (C=O) groups excluding carboxylic acids is 1. The van der Waals surface area contributed by atoms with Crippen LogP contribution in [0.5, 0.6) is 0 Å². The smallest absolute Gasteiger partial charge is 0.231 e. The molecule has 1 aliphatic carbocycles. The van der Waals surface area contributed by atoms with Crippen molar-refractivity contribution in [3.05, 3.63) is 24.5 Å². The molecular formula is C23H31N5OS. The number of nitrogens with zero attached hydrogens (tertiary/aromatic N) is 4. The molecule has 1 saturated carbocycles. The molecule has 0 unspecified atom stereocenters. The van der Waals surface area contributed by atoms with Crippen molar-refractivity contribution in [2.45, 2.75) is 76.0 Å². The Morgan fingerprint density at radius 1 is 1.33 bits per heavy atom. The Hall–Kier alpha value is -2.33. The summed E-state index contributed by atoms with van der Waals surface area (Å²) in [4.78, 5) is 16.9. The van der Waals surface area contributed by atoms with E-state index in [0.29, 0.717) is 24.8 Å². The molecule has 0 bridgehead atoms. The first kappa shape index (κ1) is 22.4. The molecule has 1 N–H and O–H groups in total. The molecule has 2 atom stereocenters. The van der Waals surface area contributed by atoms with Gasteiger partial charge < -0.3 is 5.32 Å². The lowest BCUT2D eigenvalue weighted by atomic mass is 9.85. The van der Waals surface area contributed by atoms with E-state index in [1.54, 1.807) is 6.20 Å². The van der Waals surface area contributed by atoms with Crippen molar-refractivity contribution >= 4 is 17.7 Å². The second kappa shape index (κ2) is 10.1. The summed E-state index contributed by atoms with van der Waals surface area (Å²) < 4.78 is 2.23. The van der Waals surface area contributed by atoms with Gasteiger partial charge in [0.05, 0.1) is 5.75 Å². The van der Waals surface area contributed by atoms with Gasteiger partial charge in [-0.2, -0.15) is 0 Å². The summed E-state index contributed by atoms with van der Waals surface area (Å²) >= 11 is 1.43. The van der Waals surface area contributed by atoms with Crippen molar-refractivity contribution in [2.24, 2.45) is 5.92 Å². The predicted molar refractivity (Wildman–Crippen MR) is 121 cm³/mol. The molecule has 3 rings (SSSR count). The van der Waals surface area contributed by atoms with Crippen LogP contribution < -0.4 is 5.32 Å². The molecule has 0 aromatic carbocycles. The van der Waals surface area contributed by atoms with Gasteiger partial charge in [-0.15, -0.1) is 16.6 Å². The number of carbonyl (C=O) groups is 1. The van der Waals surface area contributed by atoms with E-state index in [2.05, 4.69) is 37.9 Å². The van der Waals surface area contributed by atoms with Crippen LogP contribution in [0.25, 0.3) is 11.4 Å². The maximum Gasteiger partial charge on any atom is 0.231 e. The first-order valence-electron chi connectivity index (χ1n) is 10.8. The van der Waals surface area contributed by atoms with Crippen molar-refractivity contribution in [3.8, 4) is 23.7 Å². The van der Waals surface area contributed by atoms with Crippen LogP contribution in [0.15, 0.2) is 29.7 Å². The molecule has 0 aliphatic heterocycles. The van der Waals surface area contributed by atoms with Crippen LogP contribution in [-0.2, 0) is 4.79 Å². The van der Waals surface area contributed by atoms with Crippen LogP contribution in [0.1, 0.15) is 65.3 Å². The van der Waals surface area contributed by atoms with Crippen LogP contribution in [0, 0.1) is 18.3 Å². The van der Waals surface area contributed by atoms with Crippen LogP contribution in [0.3, 0.4) is 0 Å². The minimum absolute atomic E-state index is 0.0733. The van der Waals surface area contributed by atoms with Gasteiger partial charge in [-0.3, -0.25) is 14.3 Å².